The topological polar surface area (TPSA) is 57.8 Å². The molecule has 0 aliphatic carbocycles. The largest absolute Gasteiger partial charge is 0.335 e. The number of hydrogen-bond donors (Lipinski definition) is 1. The minimum absolute atomic E-state index is 0.0610. The van der Waals surface area contributed by atoms with Gasteiger partial charge in [0, 0.05) is 30.3 Å². The SMILES string of the molecule is Cn1c(C#N)ccc1-c1ccc2c(c1)C(C)(C)CC(=O)N2. The molecule has 1 N–H and O–H groups in total. The first-order chi connectivity index (χ1) is 9.92. The van der Waals surface area contributed by atoms with Crippen molar-refractivity contribution in [1.82, 2.24) is 4.57 Å². The molecule has 0 saturated carbocycles. The quantitative estimate of drug-likeness (QED) is 0.871. The number of amides is 1. The number of nitrogens with one attached hydrogen (secondary N) is 1. The molecule has 0 unspecified atom stereocenters. The van der Waals surface area contributed by atoms with E-state index in [1.165, 1.54) is 0 Å². The van der Waals surface area contributed by atoms with Crippen LogP contribution in [0.25, 0.3) is 11.3 Å². The van der Waals surface area contributed by atoms with Crippen molar-refractivity contribution in [3.8, 4) is 17.3 Å². The molecular weight excluding hydrogens is 262 g/mol. The summed E-state index contributed by atoms with van der Waals surface area (Å²) >= 11 is 0. The van der Waals surface area contributed by atoms with E-state index in [9.17, 15) is 4.79 Å². The number of nitriles is 1. The molecule has 0 saturated heterocycles. The first kappa shape index (κ1) is 13.4. The first-order valence-electron chi connectivity index (χ1n) is 6.93. The Morgan fingerprint density at radius 1 is 1.29 bits per heavy atom. The lowest BCUT2D eigenvalue weighted by atomic mass is 9.77. The number of carbonyl (C=O) groups is 1. The summed E-state index contributed by atoms with van der Waals surface area (Å²) in [6.07, 6.45) is 0.486. The summed E-state index contributed by atoms with van der Waals surface area (Å²) in [6.45, 7) is 4.17. The van der Waals surface area contributed by atoms with E-state index < -0.39 is 0 Å². The van der Waals surface area contributed by atoms with E-state index in [1.807, 2.05) is 35.9 Å². The normalized spacial score (nSPS) is 16.0. The van der Waals surface area contributed by atoms with Crippen molar-refractivity contribution in [3.05, 3.63) is 41.6 Å². The molecule has 1 aromatic heterocycles. The molecule has 0 fully saturated rings. The lowest BCUT2D eigenvalue weighted by Crippen LogP contribution is -2.32. The average molecular weight is 279 g/mol. The second-order valence-electron chi connectivity index (χ2n) is 6.14. The van der Waals surface area contributed by atoms with E-state index in [4.69, 9.17) is 5.26 Å². The predicted octanol–water partition coefficient (Wildman–Crippen LogP) is 3.18. The number of hydrogen-bond acceptors (Lipinski definition) is 2. The molecule has 2 heterocycles. The highest BCUT2D eigenvalue weighted by molar-refractivity contribution is 5.96. The maximum absolute atomic E-state index is 11.7. The van der Waals surface area contributed by atoms with Crippen molar-refractivity contribution in [3.63, 3.8) is 0 Å². The van der Waals surface area contributed by atoms with Gasteiger partial charge in [-0.15, -0.1) is 0 Å². The Balaban J connectivity index is 2.14. The molecule has 0 spiro atoms. The minimum atomic E-state index is -0.184. The minimum Gasteiger partial charge on any atom is -0.335 e. The van der Waals surface area contributed by atoms with Gasteiger partial charge >= 0.3 is 0 Å². The monoisotopic (exact) mass is 279 g/mol. The van der Waals surface area contributed by atoms with Crippen molar-refractivity contribution in [2.45, 2.75) is 25.7 Å². The van der Waals surface area contributed by atoms with Crippen molar-refractivity contribution >= 4 is 11.6 Å². The molecule has 106 valence electrons. The molecule has 4 heteroatoms. The third kappa shape index (κ3) is 2.11. The number of aromatic nitrogens is 1. The van der Waals surface area contributed by atoms with Gasteiger partial charge in [-0.3, -0.25) is 4.79 Å². The number of anilines is 1. The van der Waals surface area contributed by atoms with Crippen LogP contribution in [-0.4, -0.2) is 10.5 Å². The van der Waals surface area contributed by atoms with E-state index in [2.05, 4.69) is 31.3 Å². The first-order valence-corrected chi connectivity index (χ1v) is 6.93. The highest BCUT2D eigenvalue weighted by atomic mass is 16.1. The van der Waals surface area contributed by atoms with E-state index in [0.29, 0.717) is 12.1 Å². The van der Waals surface area contributed by atoms with Gasteiger partial charge in [0.2, 0.25) is 5.91 Å². The van der Waals surface area contributed by atoms with Crippen LogP contribution in [0.2, 0.25) is 0 Å². The summed E-state index contributed by atoms with van der Waals surface area (Å²) in [5.41, 5.74) is 4.53. The molecule has 21 heavy (non-hydrogen) atoms. The Bertz CT molecular complexity index is 778. The molecule has 2 aromatic rings. The standard InChI is InChI=1S/C17H17N3O/c1-17(2)9-16(21)19-14-6-4-11(8-13(14)17)15-7-5-12(10-18)20(15)3/h4-8H,9H2,1-3H3,(H,19,21). The van der Waals surface area contributed by atoms with Crippen LogP contribution in [0, 0.1) is 11.3 Å². The van der Waals surface area contributed by atoms with E-state index in [-0.39, 0.29) is 11.3 Å². The second-order valence-corrected chi connectivity index (χ2v) is 6.14. The number of carbonyl (C=O) groups excluding carboxylic acids is 1. The van der Waals surface area contributed by atoms with Crippen molar-refractivity contribution in [2.75, 3.05) is 5.32 Å². The second kappa shape index (κ2) is 4.49. The zero-order valence-corrected chi connectivity index (χ0v) is 12.4. The fourth-order valence-electron chi connectivity index (χ4n) is 2.98. The summed E-state index contributed by atoms with van der Waals surface area (Å²) in [6, 6.07) is 12.0. The molecule has 1 aromatic carbocycles. The van der Waals surface area contributed by atoms with Gasteiger partial charge in [-0.1, -0.05) is 19.9 Å². The third-order valence-electron chi connectivity index (χ3n) is 4.16. The summed E-state index contributed by atoms with van der Waals surface area (Å²) in [4.78, 5) is 11.7. The van der Waals surface area contributed by atoms with Gasteiger partial charge in [0.15, 0.2) is 0 Å². The van der Waals surface area contributed by atoms with Gasteiger partial charge in [0.1, 0.15) is 11.8 Å². The van der Waals surface area contributed by atoms with Crippen LogP contribution in [0.1, 0.15) is 31.5 Å². The summed E-state index contributed by atoms with van der Waals surface area (Å²) < 4.78 is 1.89. The predicted molar refractivity (Wildman–Crippen MR) is 81.8 cm³/mol. The molecular formula is C17H17N3O. The fourth-order valence-corrected chi connectivity index (χ4v) is 2.98. The highest BCUT2D eigenvalue weighted by Gasteiger charge is 2.32. The summed E-state index contributed by atoms with van der Waals surface area (Å²) in [5.74, 6) is 0.0610. The molecule has 1 aliphatic rings. The van der Waals surface area contributed by atoms with Crippen LogP contribution in [0.4, 0.5) is 5.69 Å². The van der Waals surface area contributed by atoms with Gasteiger partial charge in [0.25, 0.3) is 0 Å². The Morgan fingerprint density at radius 2 is 2.05 bits per heavy atom. The van der Waals surface area contributed by atoms with Gasteiger partial charge < -0.3 is 9.88 Å². The zero-order chi connectivity index (χ0) is 15.2. The van der Waals surface area contributed by atoms with Crippen LogP contribution in [0.15, 0.2) is 30.3 Å². The van der Waals surface area contributed by atoms with Gasteiger partial charge in [-0.25, -0.2) is 0 Å². The maximum atomic E-state index is 11.7. The number of rotatable bonds is 1. The average Bonchev–Trinajstić information content (AvgIpc) is 2.78. The third-order valence-corrected chi connectivity index (χ3v) is 4.16. The van der Waals surface area contributed by atoms with Crippen LogP contribution >= 0.6 is 0 Å². The lowest BCUT2D eigenvalue weighted by Gasteiger charge is -2.32. The van der Waals surface area contributed by atoms with Crippen molar-refractivity contribution < 1.29 is 4.79 Å². The lowest BCUT2D eigenvalue weighted by molar-refractivity contribution is -0.117. The van der Waals surface area contributed by atoms with E-state index in [0.717, 1.165) is 22.5 Å². The smallest absolute Gasteiger partial charge is 0.225 e. The molecule has 4 nitrogen and oxygen atoms in total. The summed E-state index contributed by atoms with van der Waals surface area (Å²) in [7, 11) is 1.89. The number of benzene rings is 1. The Kier molecular flexibility index (Phi) is 2.87. The van der Waals surface area contributed by atoms with Crippen LogP contribution in [0.3, 0.4) is 0 Å². The van der Waals surface area contributed by atoms with Crippen LogP contribution in [0.5, 0.6) is 0 Å². The van der Waals surface area contributed by atoms with Crippen molar-refractivity contribution in [2.24, 2.45) is 7.05 Å². The summed E-state index contributed by atoms with van der Waals surface area (Å²) in [5, 5.41) is 12.0. The molecule has 1 aliphatic heterocycles. The molecule has 0 radical (unpaired) electrons. The molecule has 3 rings (SSSR count). The van der Waals surface area contributed by atoms with Crippen LogP contribution in [-0.2, 0) is 17.3 Å². The zero-order valence-electron chi connectivity index (χ0n) is 12.4. The highest BCUT2D eigenvalue weighted by Crippen LogP contribution is 2.39. The Morgan fingerprint density at radius 3 is 2.71 bits per heavy atom. The van der Waals surface area contributed by atoms with Crippen LogP contribution < -0.4 is 5.32 Å². The molecule has 1 amide bonds. The number of fused-ring (bicyclic) bond motifs is 1. The van der Waals surface area contributed by atoms with Crippen molar-refractivity contribution in [1.29, 1.82) is 5.26 Å². The van der Waals surface area contributed by atoms with E-state index in [1.54, 1.807) is 0 Å². The van der Waals surface area contributed by atoms with Gasteiger partial charge in [-0.2, -0.15) is 5.26 Å². The van der Waals surface area contributed by atoms with Gasteiger partial charge in [0.05, 0.1) is 0 Å². The Labute approximate surface area is 124 Å². The Hall–Kier alpha value is -2.54. The fraction of sp³-hybridized carbons (Fsp3) is 0.294. The van der Waals surface area contributed by atoms with Gasteiger partial charge in [-0.05, 0) is 35.4 Å². The molecule has 0 bridgehead atoms. The molecule has 0 atom stereocenters. The maximum Gasteiger partial charge on any atom is 0.225 e. The van der Waals surface area contributed by atoms with E-state index >= 15 is 0 Å². The number of nitrogens with zero attached hydrogens (tertiary/aromatic N) is 2.